The van der Waals surface area contributed by atoms with Crippen molar-refractivity contribution in [2.45, 2.75) is 26.8 Å². The van der Waals surface area contributed by atoms with Crippen LogP contribution in [0.1, 0.15) is 20.8 Å². The highest BCUT2D eigenvalue weighted by Crippen LogP contribution is 2.01. The first-order chi connectivity index (χ1) is 7.52. The number of nitrogens with zero attached hydrogens (tertiary/aromatic N) is 1. The lowest BCUT2D eigenvalue weighted by Gasteiger charge is -2.24. The number of hydrogen-bond donors (Lipinski definition) is 0. The SMILES string of the molecule is COCCN(C/C=C(/C)C(=O)OC)C(C)C. The van der Waals surface area contributed by atoms with Gasteiger partial charge in [-0.2, -0.15) is 0 Å². The number of ether oxygens (including phenoxy) is 2. The Hall–Kier alpha value is -0.870. The van der Waals surface area contributed by atoms with E-state index >= 15 is 0 Å². The molecule has 0 aromatic carbocycles. The van der Waals surface area contributed by atoms with Gasteiger partial charge in [0.05, 0.1) is 13.7 Å². The Morgan fingerprint density at radius 2 is 2.00 bits per heavy atom. The van der Waals surface area contributed by atoms with Crippen molar-refractivity contribution in [1.29, 1.82) is 0 Å². The third kappa shape index (κ3) is 5.88. The van der Waals surface area contributed by atoms with Crippen LogP contribution in [0.4, 0.5) is 0 Å². The normalized spacial score (nSPS) is 12.3. The van der Waals surface area contributed by atoms with Gasteiger partial charge in [-0.3, -0.25) is 4.90 Å². The second kappa shape index (κ2) is 8.30. The van der Waals surface area contributed by atoms with Crippen molar-refractivity contribution in [2.75, 3.05) is 33.9 Å². The zero-order chi connectivity index (χ0) is 12.6. The minimum atomic E-state index is -0.268. The molecule has 0 N–H and O–H groups in total. The molecule has 0 aliphatic heterocycles. The third-order valence-electron chi connectivity index (χ3n) is 2.45. The fourth-order valence-electron chi connectivity index (χ4n) is 1.27. The molecule has 0 saturated carbocycles. The average Bonchev–Trinajstić information content (AvgIpc) is 2.27. The van der Waals surface area contributed by atoms with E-state index in [1.54, 1.807) is 14.0 Å². The van der Waals surface area contributed by atoms with Crippen LogP contribution in [0.2, 0.25) is 0 Å². The van der Waals surface area contributed by atoms with Crippen molar-refractivity contribution < 1.29 is 14.3 Å². The van der Waals surface area contributed by atoms with Gasteiger partial charge in [-0.1, -0.05) is 6.08 Å². The lowest BCUT2D eigenvalue weighted by Crippen LogP contribution is -2.34. The Bertz CT molecular complexity index is 236. The van der Waals surface area contributed by atoms with Gasteiger partial charge in [-0.15, -0.1) is 0 Å². The van der Waals surface area contributed by atoms with Crippen molar-refractivity contribution in [3.8, 4) is 0 Å². The highest BCUT2D eigenvalue weighted by atomic mass is 16.5. The summed E-state index contributed by atoms with van der Waals surface area (Å²) in [7, 11) is 3.08. The summed E-state index contributed by atoms with van der Waals surface area (Å²) in [6.07, 6.45) is 1.89. The molecule has 94 valence electrons. The van der Waals surface area contributed by atoms with Crippen LogP contribution in [0.5, 0.6) is 0 Å². The molecule has 0 aliphatic rings. The second-order valence-corrected chi connectivity index (χ2v) is 3.96. The largest absolute Gasteiger partial charge is 0.466 e. The van der Waals surface area contributed by atoms with Gasteiger partial charge in [-0.05, 0) is 20.8 Å². The minimum Gasteiger partial charge on any atom is -0.466 e. The first kappa shape index (κ1) is 15.1. The zero-order valence-electron chi connectivity index (χ0n) is 10.9. The number of rotatable bonds is 7. The van der Waals surface area contributed by atoms with Crippen molar-refractivity contribution in [1.82, 2.24) is 4.90 Å². The Labute approximate surface area is 98.2 Å². The Kier molecular flexibility index (Phi) is 7.85. The molecule has 4 nitrogen and oxygen atoms in total. The molecule has 16 heavy (non-hydrogen) atoms. The van der Waals surface area contributed by atoms with E-state index in [4.69, 9.17) is 4.74 Å². The predicted octanol–water partition coefficient (Wildman–Crippen LogP) is 1.46. The van der Waals surface area contributed by atoms with Crippen LogP contribution in [0.25, 0.3) is 0 Å². The maximum absolute atomic E-state index is 11.2. The molecule has 0 aliphatic carbocycles. The molecular weight excluding hydrogens is 206 g/mol. The van der Waals surface area contributed by atoms with E-state index in [-0.39, 0.29) is 5.97 Å². The summed E-state index contributed by atoms with van der Waals surface area (Å²) in [5.74, 6) is -0.268. The van der Waals surface area contributed by atoms with Crippen LogP contribution >= 0.6 is 0 Å². The van der Waals surface area contributed by atoms with Crippen molar-refractivity contribution in [3.05, 3.63) is 11.6 Å². The fraction of sp³-hybridized carbons (Fsp3) is 0.750. The van der Waals surface area contributed by atoms with Crippen LogP contribution in [0.3, 0.4) is 0 Å². The lowest BCUT2D eigenvalue weighted by atomic mass is 10.2. The summed E-state index contributed by atoms with van der Waals surface area (Å²) in [6, 6.07) is 0.428. The summed E-state index contributed by atoms with van der Waals surface area (Å²) in [4.78, 5) is 13.4. The van der Waals surface area contributed by atoms with E-state index < -0.39 is 0 Å². The number of hydrogen-bond acceptors (Lipinski definition) is 4. The first-order valence-corrected chi connectivity index (χ1v) is 5.51. The highest BCUT2D eigenvalue weighted by molar-refractivity contribution is 5.87. The van der Waals surface area contributed by atoms with Gasteiger partial charge in [0.1, 0.15) is 0 Å². The molecule has 0 bridgehead atoms. The van der Waals surface area contributed by atoms with Crippen LogP contribution < -0.4 is 0 Å². The second-order valence-electron chi connectivity index (χ2n) is 3.96. The summed E-state index contributed by atoms with van der Waals surface area (Å²) >= 11 is 0. The Morgan fingerprint density at radius 1 is 1.38 bits per heavy atom. The third-order valence-corrected chi connectivity index (χ3v) is 2.45. The van der Waals surface area contributed by atoms with Gasteiger partial charge in [0.2, 0.25) is 0 Å². The first-order valence-electron chi connectivity index (χ1n) is 5.51. The average molecular weight is 229 g/mol. The molecule has 0 spiro atoms. The monoisotopic (exact) mass is 229 g/mol. The van der Waals surface area contributed by atoms with E-state index in [9.17, 15) is 4.79 Å². The standard InChI is InChI=1S/C12H23NO3/c1-10(2)13(8-9-15-4)7-6-11(3)12(14)16-5/h6,10H,7-9H2,1-5H3/b11-6-. The van der Waals surface area contributed by atoms with E-state index in [1.807, 2.05) is 6.08 Å². The van der Waals surface area contributed by atoms with Crippen LogP contribution in [-0.2, 0) is 14.3 Å². The summed E-state index contributed by atoms with van der Waals surface area (Å²) < 4.78 is 9.68. The molecule has 0 atom stereocenters. The fourth-order valence-corrected chi connectivity index (χ4v) is 1.27. The molecule has 0 amide bonds. The van der Waals surface area contributed by atoms with Gasteiger partial charge >= 0.3 is 5.97 Å². The summed E-state index contributed by atoms with van der Waals surface area (Å²) in [5.41, 5.74) is 0.644. The van der Waals surface area contributed by atoms with E-state index in [0.717, 1.165) is 13.1 Å². The molecule has 0 rings (SSSR count). The van der Waals surface area contributed by atoms with E-state index in [1.165, 1.54) is 7.11 Å². The maximum atomic E-state index is 11.2. The molecule has 0 saturated heterocycles. The molecule has 0 fully saturated rings. The van der Waals surface area contributed by atoms with Crippen molar-refractivity contribution >= 4 is 5.97 Å². The minimum absolute atomic E-state index is 0.268. The van der Waals surface area contributed by atoms with Crippen molar-refractivity contribution in [2.24, 2.45) is 0 Å². The van der Waals surface area contributed by atoms with Gasteiger partial charge in [0.25, 0.3) is 0 Å². The van der Waals surface area contributed by atoms with Gasteiger partial charge in [0.15, 0.2) is 0 Å². The molecule has 0 heterocycles. The van der Waals surface area contributed by atoms with E-state index in [2.05, 4.69) is 23.5 Å². The lowest BCUT2D eigenvalue weighted by molar-refractivity contribution is -0.136. The van der Waals surface area contributed by atoms with E-state index in [0.29, 0.717) is 18.2 Å². The van der Waals surface area contributed by atoms with Crippen LogP contribution in [0.15, 0.2) is 11.6 Å². The Morgan fingerprint density at radius 3 is 2.44 bits per heavy atom. The van der Waals surface area contributed by atoms with Crippen molar-refractivity contribution in [3.63, 3.8) is 0 Å². The molecule has 4 heteroatoms. The Balaban J connectivity index is 4.24. The topological polar surface area (TPSA) is 38.8 Å². The summed E-state index contributed by atoms with van der Waals surface area (Å²) in [6.45, 7) is 8.30. The van der Waals surface area contributed by atoms with Crippen LogP contribution in [0, 0.1) is 0 Å². The zero-order valence-corrected chi connectivity index (χ0v) is 10.9. The van der Waals surface area contributed by atoms with Gasteiger partial charge in [0, 0.05) is 31.8 Å². The molecule has 0 radical (unpaired) electrons. The maximum Gasteiger partial charge on any atom is 0.333 e. The predicted molar refractivity (Wildman–Crippen MR) is 64.4 cm³/mol. The van der Waals surface area contributed by atoms with Gasteiger partial charge in [-0.25, -0.2) is 4.79 Å². The number of carbonyl (C=O) groups excluding carboxylic acids is 1. The number of carbonyl (C=O) groups is 1. The highest BCUT2D eigenvalue weighted by Gasteiger charge is 2.09. The smallest absolute Gasteiger partial charge is 0.333 e. The number of esters is 1. The summed E-state index contributed by atoms with van der Waals surface area (Å²) in [5, 5.41) is 0. The quantitative estimate of drug-likeness (QED) is 0.489. The molecule has 0 unspecified atom stereocenters. The molecule has 0 aromatic rings. The van der Waals surface area contributed by atoms with Gasteiger partial charge < -0.3 is 9.47 Å². The molecular formula is C12H23NO3. The van der Waals surface area contributed by atoms with Crippen LogP contribution in [-0.4, -0.2) is 50.8 Å². The number of methoxy groups -OCH3 is 2. The molecule has 0 aromatic heterocycles.